The minimum atomic E-state index is 0.0354. The van der Waals surface area contributed by atoms with Crippen molar-refractivity contribution >= 4 is 17.7 Å². The van der Waals surface area contributed by atoms with Gasteiger partial charge in [-0.25, -0.2) is 0 Å². The molecule has 2 saturated heterocycles. The Hall–Kier alpha value is -1.00. The number of carbonyl (C=O) groups excluding carboxylic acids is 1. The SMILES string of the molecule is O=C(C1CSCCN1)N1CCC(c2ccccc2)C1. The summed E-state index contributed by atoms with van der Waals surface area (Å²) in [6.07, 6.45) is 1.09. The molecule has 0 radical (unpaired) electrons. The fourth-order valence-electron chi connectivity index (χ4n) is 2.90. The van der Waals surface area contributed by atoms with Crippen LogP contribution in [0.1, 0.15) is 17.9 Å². The van der Waals surface area contributed by atoms with Crippen LogP contribution in [0.4, 0.5) is 0 Å². The molecular formula is C15H20N2OS. The van der Waals surface area contributed by atoms with E-state index in [0.29, 0.717) is 11.8 Å². The number of nitrogens with one attached hydrogen (secondary N) is 1. The second-order valence-corrected chi connectivity index (χ2v) is 6.41. The molecule has 2 aliphatic heterocycles. The third-order valence-corrected chi connectivity index (χ3v) is 5.05. The molecule has 19 heavy (non-hydrogen) atoms. The number of amides is 1. The van der Waals surface area contributed by atoms with Gasteiger partial charge < -0.3 is 10.2 Å². The van der Waals surface area contributed by atoms with E-state index in [1.807, 2.05) is 22.7 Å². The Morgan fingerprint density at radius 2 is 2.16 bits per heavy atom. The zero-order valence-electron chi connectivity index (χ0n) is 11.0. The highest BCUT2D eigenvalue weighted by Crippen LogP contribution is 2.27. The topological polar surface area (TPSA) is 32.3 Å². The molecule has 4 heteroatoms. The second kappa shape index (κ2) is 5.97. The number of hydrogen-bond donors (Lipinski definition) is 1. The minimum Gasteiger partial charge on any atom is -0.341 e. The Morgan fingerprint density at radius 1 is 1.32 bits per heavy atom. The molecule has 0 bridgehead atoms. The summed E-state index contributed by atoms with van der Waals surface area (Å²) in [6, 6.07) is 10.6. The molecule has 2 aliphatic rings. The largest absolute Gasteiger partial charge is 0.341 e. The standard InChI is InChI=1S/C15H20N2OS/c18-15(14-11-19-9-7-16-14)17-8-6-13(10-17)12-4-2-1-3-5-12/h1-5,13-14,16H,6-11H2. The minimum absolute atomic E-state index is 0.0354. The van der Waals surface area contributed by atoms with Gasteiger partial charge in [0.1, 0.15) is 0 Å². The van der Waals surface area contributed by atoms with Gasteiger partial charge in [-0.2, -0.15) is 11.8 Å². The molecule has 0 aliphatic carbocycles. The summed E-state index contributed by atoms with van der Waals surface area (Å²) in [5.41, 5.74) is 1.36. The highest BCUT2D eigenvalue weighted by molar-refractivity contribution is 7.99. The van der Waals surface area contributed by atoms with E-state index in [9.17, 15) is 4.79 Å². The van der Waals surface area contributed by atoms with Crippen molar-refractivity contribution in [2.45, 2.75) is 18.4 Å². The molecule has 2 heterocycles. The smallest absolute Gasteiger partial charge is 0.240 e. The van der Waals surface area contributed by atoms with E-state index in [1.165, 1.54) is 5.56 Å². The molecule has 0 aromatic heterocycles. The lowest BCUT2D eigenvalue weighted by Crippen LogP contribution is -2.49. The van der Waals surface area contributed by atoms with Crippen molar-refractivity contribution in [2.24, 2.45) is 0 Å². The predicted molar refractivity (Wildman–Crippen MR) is 79.5 cm³/mol. The molecule has 2 atom stereocenters. The van der Waals surface area contributed by atoms with Crippen molar-refractivity contribution in [1.82, 2.24) is 10.2 Å². The van der Waals surface area contributed by atoms with Crippen LogP contribution in [0.3, 0.4) is 0 Å². The van der Waals surface area contributed by atoms with E-state index in [1.54, 1.807) is 0 Å². The lowest BCUT2D eigenvalue weighted by molar-refractivity contribution is -0.131. The number of benzene rings is 1. The van der Waals surface area contributed by atoms with Gasteiger partial charge in [0.25, 0.3) is 0 Å². The fraction of sp³-hybridized carbons (Fsp3) is 0.533. The van der Waals surface area contributed by atoms with E-state index in [4.69, 9.17) is 0 Å². The van der Waals surface area contributed by atoms with E-state index in [-0.39, 0.29) is 6.04 Å². The average molecular weight is 276 g/mol. The lowest BCUT2D eigenvalue weighted by atomic mass is 9.99. The van der Waals surface area contributed by atoms with E-state index >= 15 is 0 Å². The molecule has 3 nitrogen and oxygen atoms in total. The van der Waals surface area contributed by atoms with Crippen LogP contribution in [0.2, 0.25) is 0 Å². The maximum Gasteiger partial charge on any atom is 0.240 e. The van der Waals surface area contributed by atoms with Crippen LogP contribution < -0.4 is 5.32 Å². The molecule has 1 aromatic rings. The summed E-state index contributed by atoms with van der Waals surface area (Å²) in [5.74, 6) is 2.86. The first-order valence-electron chi connectivity index (χ1n) is 6.99. The number of nitrogens with zero attached hydrogens (tertiary/aromatic N) is 1. The van der Waals surface area contributed by atoms with Gasteiger partial charge >= 0.3 is 0 Å². The highest BCUT2D eigenvalue weighted by atomic mass is 32.2. The van der Waals surface area contributed by atoms with Crippen molar-refractivity contribution in [3.8, 4) is 0 Å². The number of rotatable bonds is 2. The van der Waals surface area contributed by atoms with Crippen molar-refractivity contribution in [3.63, 3.8) is 0 Å². The van der Waals surface area contributed by atoms with Gasteiger partial charge in [0.2, 0.25) is 5.91 Å². The molecule has 1 N–H and O–H groups in total. The van der Waals surface area contributed by atoms with Crippen molar-refractivity contribution in [2.75, 3.05) is 31.1 Å². The first-order valence-corrected chi connectivity index (χ1v) is 8.15. The van der Waals surface area contributed by atoms with Gasteiger partial charge in [0.15, 0.2) is 0 Å². The van der Waals surface area contributed by atoms with Crippen LogP contribution >= 0.6 is 11.8 Å². The quantitative estimate of drug-likeness (QED) is 0.892. The summed E-state index contributed by atoms with van der Waals surface area (Å²) in [5, 5.41) is 3.34. The molecule has 0 saturated carbocycles. The molecule has 3 rings (SSSR count). The lowest BCUT2D eigenvalue weighted by Gasteiger charge is -2.27. The van der Waals surface area contributed by atoms with Gasteiger partial charge in [-0.3, -0.25) is 4.79 Å². The first kappa shape index (κ1) is 13.0. The Bertz CT molecular complexity index is 431. The van der Waals surface area contributed by atoms with Crippen LogP contribution in [-0.2, 0) is 4.79 Å². The Kier molecular flexibility index (Phi) is 4.09. The zero-order chi connectivity index (χ0) is 13.1. The Balaban J connectivity index is 1.61. The summed E-state index contributed by atoms with van der Waals surface area (Å²) < 4.78 is 0. The van der Waals surface area contributed by atoms with Gasteiger partial charge in [-0.15, -0.1) is 0 Å². The van der Waals surface area contributed by atoms with E-state index in [2.05, 4.69) is 29.6 Å². The van der Waals surface area contributed by atoms with E-state index < -0.39 is 0 Å². The number of carbonyl (C=O) groups is 1. The Morgan fingerprint density at radius 3 is 2.89 bits per heavy atom. The number of likely N-dealkylation sites (tertiary alicyclic amines) is 1. The van der Waals surface area contributed by atoms with E-state index in [0.717, 1.165) is 37.6 Å². The molecule has 102 valence electrons. The summed E-state index contributed by atoms with van der Waals surface area (Å²) >= 11 is 1.88. The Labute approximate surface area is 118 Å². The fourth-order valence-corrected chi connectivity index (χ4v) is 3.83. The van der Waals surface area contributed by atoms with Crippen LogP contribution in [0.15, 0.2) is 30.3 Å². The molecule has 1 amide bonds. The number of hydrogen-bond acceptors (Lipinski definition) is 3. The monoisotopic (exact) mass is 276 g/mol. The summed E-state index contributed by atoms with van der Waals surface area (Å²) in [6.45, 7) is 2.74. The second-order valence-electron chi connectivity index (χ2n) is 5.26. The van der Waals surface area contributed by atoms with Crippen molar-refractivity contribution in [1.29, 1.82) is 0 Å². The normalized spacial score (nSPS) is 27.5. The van der Waals surface area contributed by atoms with Crippen LogP contribution in [0.5, 0.6) is 0 Å². The average Bonchev–Trinajstić information content (AvgIpc) is 2.98. The van der Waals surface area contributed by atoms with Gasteiger partial charge in [-0.05, 0) is 12.0 Å². The highest BCUT2D eigenvalue weighted by Gasteiger charge is 2.31. The van der Waals surface area contributed by atoms with Crippen molar-refractivity contribution in [3.05, 3.63) is 35.9 Å². The van der Waals surface area contributed by atoms with Gasteiger partial charge in [0.05, 0.1) is 6.04 Å². The summed E-state index contributed by atoms with van der Waals surface area (Å²) in [4.78, 5) is 14.5. The third-order valence-electron chi connectivity index (χ3n) is 3.99. The van der Waals surface area contributed by atoms with Crippen LogP contribution in [0, 0.1) is 0 Å². The maximum atomic E-state index is 12.4. The zero-order valence-corrected chi connectivity index (χ0v) is 11.9. The predicted octanol–water partition coefficient (Wildman–Crippen LogP) is 1.71. The molecule has 0 spiro atoms. The van der Waals surface area contributed by atoms with Crippen LogP contribution in [0.25, 0.3) is 0 Å². The van der Waals surface area contributed by atoms with Crippen LogP contribution in [-0.4, -0.2) is 48.0 Å². The summed E-state index contributed by atoms with van der Waals surface area (Å²) in [7, 11) is 0. The van der Waals surface area contributed by atoms with Gasteiger partial charge in [0, 0.05) is 37.1 Å². The third kappa shape index (κ3) is 2.95. The van der Waals surface area contributed by atoms with Gasteiger partial charge in [-0.1, -0.05) is 30.3 Å². The maximum absolute atomic E-state index is 12.4. The first-order chi connectivity index (χ1) is 9.34. The molecule has 2 unspecified atom stereocenters. The molecule has 2 fully saturated rings. The number of thioether (sulfide) groups is 1. The van der Waals surface area contributed by atoms with Crippen molar-refractivity contribution < 1.29 is 4.79 Å². The molecule has 1 aromatic carbocycles. The molecular weight excluding hydrogens is 256 g/mol.